The lowest BCUT2D eigenvalue weighted by atomic mass is 10.0. The Morgan fingerprint density at radius 3 is 2.40 bits per heavy atom. The maximum atomic E-state index is 12.6. The van der Waals surface area contributed by atoms with Crippen LogP contribution >= 0.6 is 11.6 Å². The number of nitrogens with zero attached hydrogens (tertiary/aromatic N) is 1. The minimum Gasteiger partial charge on any atom is -0.288 e. The lowest BCUT2D eigenvalue weighted by Crippen LogP contribution is -2.02. The van der Waals surface area contributed by atoms with Crippen LogP contribution in [0.2, 0.25) is 5.02 Å². The van der Waals surface area contributed by atoms with Crippen molar-refractivity contribution >= 4 is 17.4 Å². The summed E-state index contributed by atoms with van der Waals surface area (Å²) in [4.78, 5) is 12.6. The first-order chi connectivity index (χ1) is 9.77. The summed E-state index contributed by atoms with van der Waals surface area (Å²) in [5, 5.41) is 7.31. The van der Waals surface area contributed by atoms with Crippen LogP contribution in [0.3, 0.4) is 0 Å². The number of aromatic amines is 1. The van der Waals surface area contributed by atoms with E-state index in [2.05, 4.69) is 10.2 Å². The minimum absolute atomic E-state index is 0.136. The highest BCUT2D eigenvalue weighted by molar-refractivity contribution is 6.35. The quantitative estimate of drug-likeness (QED) is 0.739. The Morgan fingerprint density at radius 1 is 0.950 bits per heavy atom. The molecule has 0 fully saturated rings. The molecule has 0 radical (unpaired) electrons. The number of rotatable bonds is 3. The monoisotopic (exact) mass is 282 g/mol. The summed E-state index contributed by atoms with van der Waals surface area (Å²) < 4.78 is 0. The van der Waals surface area contributed by atoms with Gasteiger partial charge in [0.05, 0.1) is 22.5 Å². The van der Waals surface area contributed by atoms with Gasteiger partial charge >= 0.3 is 0 Å². The van der Waals surface area contributed by atoms with E-state index in [4.69, 9.17) is 11.6 Å². The third kappa shape index (κ3) is 2.24. The van der Waals surface area contributed by atoms with Crippen molar-refractivity contribution in [1.82, 2.24) is 10.2 Å². The van der Waals surface area contributed by atoms with E-state index in [-0.39, 0.29) is 5.78 Å². The molecule has 3 aromatic rings. The molecule has 2 aromatic carbocycles. The Bertz CT molecular complexity index is 750. The van der Waals surface area contributed by atoms with E-state index in [9.17, 15) is 4.79 Å². The third-order valence-electron chi connectivity index (χ3n) is 3.06. The van der Waals surface area contributed by atoms with Gasteiger partial charge in [0, 0.05) is 11.1 Å². The van der Waals surface area contributed by atoms with Crippen LogP contribution < -0.4 is 0 Å². The number of benzene rings is 2. The zero-order valence-corrected chi connectivity index (χ0v) is 11.3. The van der Waals surface area contributed by atoms with Crippen LogP contribution in [-0.4, -0.2) is 16.0 Å². The van der Waals surface area contributed by atoms with E-state index in [1.54, 1.807) is 24.3 Å². The van der Waals surface area contributed by atoms with Crippen LogP contribution in [0.5, 0.6) is 0 Å². The van der Waals surface area contributed by atoms with Crippen molar-refractivity contribution in [3.05, 3.63) is 76.9 Å². The highest BCUT2D eigenvalue weighted by Crippen LogP contribution is 2.25. The fourth-order valence-electron chi connectivity index (χ4n) is 2.07. The molecule has 20 heavy (non-hydrogen) atoms. The lowest BCUT2D eigenvalue weighted by Gasteiger charge is -2.04. The zero-order valence-electron chi connectivity index (χ0n) is 10.5. The van der Waals surface area contributed by atoms with E-state index in [0.29, 0.717) is 21.8 Å². The number of carbonyl (C=O) groups is 1. The summed E-state index contributed by atoms with van der Waals surface area (Å²) in [6, 6.07) is 16.6. The van der Waals surface area contributed by atoms with Gasteiger partial charge < -0.3 is 0 Å². The predicted octanol–water partition coefficient (Wildman–Crippen LogP) is 3.96. The van der Waals surface area contributed by atoms with E-state index >= 15 is 0 Å². The topological polar surface area (TPSA) is 45.8 Å². The fourth-order valence-corrected chi connectivity index (χ4v) is 2.30. The van der Waals surface area contributed by atoms with Crippen molar-refractivity contribution in [2.75, 3.05) is 0 Å². The molecule has 0 saturated heterocycles. The van der Waals surface area contributed by atoms with Gasteiger partial charge in [0.2, 0.25) is 0 Å². The number of halogens is 1. The maximum Gasteiger partial charge on any atom is 0.198 e. The molecular formula is C16H11ClN2O. The van der Waals surface area contributed by atoms with Gasteiger partial charge in [-0.3, -0.25) is 9.89 Å². The molecule has 0 amide bonds. The molecular weight excluding hydrogens is 272 g/mol. The second kappa shape index (κ2) is 5.31. The van der Waals surface area contributed by atoms with Crippen molar-refractivity contribution in [1.29, 1.82) is 0 Å². The third-order valence-corrected chi connectivity index (χ3v) is 3.39. The molecule has 1 heterocycles. The summed E-state index contributed by atoms with van der Waals surface area (Å²) in [7, 11) is 0. The van der Waals surface area contributed by atoms with Gasteiger partial charge in [-0.15, -0.1) is 0 Å². The summed E-state index contributed by atoms with van der Waals surface area (Å²) in [5.41, 5.74) is 2.62. The molecule has 1 N–H and O–H groups in total. The van der Waals surface area contributed by atoms with E-state index in [0.717, 1.165) is 5.56 Å². The van der Waals surface area contributed by atoms with Crippen molar-refractivity contribution < 1.29 is 4.79 Å². The average molecular weight is 283 g/mol. The standard InChI is InChI=1S/C16H11ClN2O/c17-14-9-5-4-8-12(14)16(20)13-10-18-19-15(13)11-6-2-1-3-7-11/h1-10H,(H,18,19). The molecule has 0 saturated carbocycles. The lowest BCUT2D eigenvalue weighted by molar-refractivity contribution is 0.103. The first kappa shape index (κ1) is 12.6. The first-order valence-corrected chi connectivity index (χ1v) is 6.53. The smallest absolute Gasteiger partial charge is 0.198 e. The molecule has 3 rings (SSSR count). The van der Waals surface area contributed by atoms with Crippen LogP contribution in [0.25, 0.3) is 11.3 Å². The molecule has 0 aliphatic rings. The molecule has 0 bridgehead atoms. The van der Waals surface area contributed by atoms with E-state index in [1.165, 1.54) is 6.20 Å². The highest BCUT2D eigenvalue weighted by atomic mass is 35.5. The molecule has 0 spiro atoms. The Balaban J connectivity index is 2.07. The Kier molecular flexibility index (Phi) is 3.35. The van der Waals surface area contributed by atoms with Crippen LogP contribution in [0.15, 0.2) is 60.8 Å². The molecule has 4 heteroatoms. The minimum atomic E-state index is -0.136. The van der Waals surface area contributed by atoms with E-state index in [1.807, 2.05) is 30.3 Å². The van der Waals surface area contributed by atoms with Crippen LogP contribution in [0.4, 0.5) is 0 Å². The SMILES string of the molecule is O=C(c1ccccc1Cl)c1cn[nH]c1-c1ccccc1. The van der Waals surface area contributed by atoms with Crippen LogP contribution in [0, 0.1) is 0 Å². The van der Waals surface area contributed by atoms with Crippen molar-refractivity contribution in [2.24, 2.45) is 0 Å². The Morgan fingerprint density at radius 2 is 1.65 bits per heavy atom. The van der Waals surface area contributed by atoms with Gasteiger partial charge in [-0.25, -0.2) is 0 Å². The number of aromatic nitrogens is 2. The second-order valence-corrected chi connectivity index (χ2v) is 4.74. The molecule has 1 aromatic heterocycles. The van der Waals surface area contributed by atoms with Gasteiger partial charge in [0.15, 0.2) is 5.78 Å². The second-order valence-electron chi connectivity index (χ2n) is 4.33. The van der Waals surface area contributed by atoms with Gasteiger partial charge in [0.1, 0.15) is 0 Å². The molecule has 98 valence electrons. The summed E-state index contributed by atoms with van der Waals surface area (Å²) in [6.45, 7) is 0. The van der Waals surface area contributed by atoms with Crippen LogP contribution in [0.1, 0.15) is 15.9 Å². The highest BCUT2D eigenvalue weighted by Gasteiger charge is 2.18. The average Bonchev–Trinajstić information content (AvgIpc) is 2.97. The Hall–Kier alpha value is -2.39. The predicted molar refractivity (Wildman–Crippen MR) is 78.9 cm³/mol. The normalized spacial score (nSPS) is 10.4. The fraction of sp³-hybridized carbons (Fsp3) is 0. The number of ketones is 1. The van der Waals surface area contributed by atoms with Gasteiger partial charge in [-0.2, -0.15) is 5.10 Å². The number of hydrogen-bond donors (Lipinski definition) is 1. The number of hydrogen-bond acceptors (Lipinski definition) is 2. The van der Waals surface area contributed by atoms with Crippen molar-refractivity contribution in [2.45, 2.75) is 0 Å². The molecule has 0 atom stereocenters. The largest absolute Gasteiger partial charge is 0.288 e. The molecule has 0 aliphatic heterocycles. The number of nitrogens with one attached hydrogen (secondary N) is 1. The number of carbonyl (C=O) groups excluding carboxylic acids is 1. The summed E-state index contributed by atoms with van der Waals surface area (Å²) in [6.07, 6.45) is 1.54. The first-order valence-electron chi connectivity index (χ1n) is 6.15. The summed E-state index contributed by atoms with van der Waals surface area (Å²) >= 11 is 6.08. The maximum absolute atomic E-state index is 12.6. The summed E-state index contributed by atoms with van der Waals surface area (Å²) in [5.74, 6) is -0.136. The molecule has 0 aliphatic carbocycles. The van der Waals surface area contributed by atoms with E-state index < -0.39 is 0 Å². The molecule has 3 nitrogen and oxygen atoms in total. The van der Waals surface area contributed by atoms with Crippen molar-refractivity contribution in [3.63, 3.8) is 0 Å². The molecule has 0 unspecified atom stereocenters. The number of H-pyrrole nitrogens is 1. The van der Waals surface area contributed by atoms with Gasteiger partial charge in [0.25, 0.3) is 0 Å². The van der Waals surface area contributed by atoms with Gasteiger partial charge in [-0.1, -0.05) is 54.1 Å². The zero-order chi connectivity index (χ0) is 13.9. The Labute approximate surface area is 121 Å². The van der Waals surface area contributed by atoms with Gasteiger partial charge in [-0.05, 0) is 12.1 Å². The van der Waals surface area contributed by atoms with Crippen LogP contribution in [-0.2, 0) is 0 Å². The van der Waals surface area contributed by atoms with Crippen molar-refractivity contribution in [3.8, 4) is 11.3 Å².